The van der Waals surface area contributed by atoms with Crippen LogP contribution in [0, 0.1) is 0 Å². The average molecular weight is 308 g/mol. The fourth-order valence-electron chi connectivity index (χ4n) is 4.04. The van der Waals surface area contributed by atoms with Gasteiger partial charge in [-0.2, -0.15) is 11.3 Å². The molecule has 2 fully saturated rings. The Kier molecular flexibility index (Phi) is 4.99. The van der Waals surface area contributed by atoms with Gasteiger partial charge in [0.2, 0.25) is 0 Å². The summed E-state index contributed by atoms with van der Waals surface area (Å²) in [6.07, 6.45) is 3.62. The summed E-state index contributed by atoms with van der Waals surface area (Å²) in [4.78, 5) is 5.19. The molecule has 2 saturated heterocycles. The van der Waals surface area contributed by atoms with Crippen LogP contribution in [-0.2, 0) is 11.3 Å². The first-order valence-corrected chi connectivity index (χ1v) is 9.30. The van der Waals surface area contributed by atoms with Crippen LogP contribution in [0.5, 0.6) is 0 Å². The van der Waals surface area contributed by atoms with Crippen molar-refractivity contribution in [3.63, 3.8) is 0 Å². The van der Waals surface area contributed by atoms with Gasteiger partial charge < -0.3 is 9.64 Å². The lowest BCUT2D eigenvalue weighted by atomic mass is 9.88. The maximum atomic E-state index is 6.28. The van der Waals surface area contributed by atoms with Crippen LogP contribution < -0.4 is 0 Å². The van der Waals surface area contributed by atoms with Gasteiger partial charge in [0, 0.05) is 32.3 Å². The third-order valence-electron chi connectivity index (χ3n) is 5.18. The molecule has 3 nitrogen and oxygen atoms in total. The van der Waals surface area contributed by atoms with Crippen molar-refractivity contribution in [2.24, 2.45) is 0 Å². The largest absolute Gasteiger partial charge is 0.373 e. The Hall–Kier alpha value is -0.420. The summed E-state index contributed by atoms with van der Waals surface area (Å²) >= 11 is 1.80. The summed E-state index contributed by atoms with van der Waals surface area (Å²) < 4.78 is 6.28. The number of thiophene rings is 1. The summed E-state index contributed by atoms with van der Waals surface area (Å²) in [5.41, 5.74) is 1.58. The molecule has 21 heavy (non-hydrogen) atoms. The fraction of sp³-hybridized carbons (Fsp3) is 0.765. The molecule has 0 unspecified atom stereocenters. The lowest BCUT2D eigenvalue weighted by molar-refractivity contribution is -0.0975. The monoisotopic (exact) mass is 308 g/mol. The molecule has 4 heteroatoms. The van der Waals surface area contributed by atoms with Crippen molar-refractivity contribution < 1.29 is 4.74 Å². The number of ether oxygens (including phenoxy) is 1. The highest BCUT2D eigenvalue weighted by Crippen LogP contribution is 2.36. The summed E-state index contributed by atoms with van der Waals surface area (Å²) in [5.74, 6) is 0. The van der Waals surface area contributed by atoms with Gasteiger partial charge in [-0.3, -0.25) is 4.90 Å². The Morgan fingerprint density at radius 2 is 2.29 bits per heavy atom. The molecule has 2 atom stereocenters. The number of hydrogen-bond donors (Lipinski definition) is 0. The predicted molar refractivity (Wildman–Crippen MR) is 88.8 cm³/mol. The lowest BCUT2D eigenvalue weighted by Gasteiger charge is -2.42. The maximum absolute atomic E-state index is 6.28. The zero-order chi connectivity index (χ0) is 14.7. The summed E-state index contributed by atoms with van der Waals surface area (Å²) in [6.45, 7) is 11.2. The van der Waals surface area contributed by atoms with E-state index in [9.17, 15) is 0 Å². The zero-order valence-corrected chi connectivity index (χ0v) is 14.2. The third-order valence-corrected chi connectivity index (χ3v) is 5.91. The fourth-order valence-corrected chi connectivity index (χ4v) is 4.70. The minimum atomic E-state index is 0.127. The van der Waals surface area contributed by atoms with E-state index in [-0.39, 0.29) is 5.60 Å². The first-order chi connectivity index (χ1) is 10.2. The van der Waals surface area contributed by atoms with Crippen LogP contribution in [0.15, 0.2) is 16.8 Å². The normalized spacial score (nSPS) is 30.5. The van der Waals surface area contributed by atoms with Gasteiger partial charge in [-0.25, -0.2) is 0 Å². The molecular formula is C17H28N2OS. The molecule has 2 aliphatic heterocycles. The highest BCUT2D eigenvalue weighted by Gasteiger charge is 2.43. The van der Waals surface area contributed by atoms with Crippen LogP contribution >= 0.6 is 11.3 Å². The second-order valence-corrected chi connectivity index (χ2v) is 7.27. The van der Waals surface area contributed by atoms with E-state index in [1.165, 1.54) is 31.4 Å². The first-order valence-electron chi connectivity index (χ1n) is 8.36. The number of likely N-dealkylation sites (tertiary alicyclic amines) is 1. The van der Waals surface area contributed by atoms with E-state index in [0.717, 1.165) is 38.8 Å². The van der Waals surface area contributed by atoms with Crippen molar-refractivity contribution >= 4 is 11.3 Å². The molecule has 1 aromatic heterocycles. The van der Waals surface area contributed by atoms with Crippen molar-refractivity contribution in [3.8, 4) is 0 Å². The maximum Gasteiger partial charge on any atom is 0.0835 e. The summed E-state index contributed by atoms with van der Waals surface area (Å²) in [6, 6.07) is 2.96. The molecule has 2 aliphatic rings. The van der Waals surface area contributed by atoms with Crippen LogP contribution in [0.2, 0.25) is 0 Å². The van der Waals surface area contributed by atoms with Crippen molar-refractivity contribution in [2.45, 2.75) is 51.3 Å². The topological polar surface area (TPSA) is 15.7 Å². The average Bonchev–Trinajstić information content (AvgIpc) is 3.12. The molecule has 0 aliphatic carbocycles. The number of nitrogens with zero attached hydrogens (tertiary/aromatic N) is 2. The second kappa shape index (κ2) is 6.78. The molecule has 0 N–H and O–H groups in total. The van der Waals surface area contributed by atoms with Crippen molar-refractivity contribution in [1.29, 1.82) is 0 Å². The Labute approximate surface area is 132 Å². The minimum Gasteiger partial charge on any atom is -0.373 e. The van der Waals surface area contributed by atoms with Gasteiger partial charge in [0.25, 0.3) is 0 Å². The highest BCUT2D eigenvalue weighted by atomic mass is 32.1. The van der Waals surface area contributed by atoms with Crippen LogP contribution in [0.1, 0.15) is 38.7 Å². The van der Waals surface area contributed by atoms with Crippen LogP contribution in [0.25, 0.3) is 0 Å². The van der Waals surface area contributed by atoms with E-state index < -0.39 is 0 Å². The van der Waals surface area contributed by atoms with Gasteiger partial charge in [-0.1, -0.05) is 13.8 Å². The number of hydrogen-bond acceptors (Lipinski definition) is 4. The third kappa shape index (κ3) is 3.50. The molecule has 118 valence electrons. The van der Waals surface area contributed by atoms with Crippen molar-refractivity contribution in [1.82, 2.24) is 9.80 Å². The van der Waals surface area contributed by atoms with E-state index >= 15 is 0 Å². The smallest absolute Gasteiger partial charge is 0.0835 e. The van der Waals surface area contributed by atoms with Gasteiger partial charge in [0.05, 0.1) is 5.60 Å². The Morgan fingerprint density at radius 1 is 1.43 bits per heavy atom. The molecule has 3 heterocycles. The first kappa shape index (κ1) is 15.5. The summed E-state index contributed by atoms with van der Waals surface area (Å²) in [5, 5.41) is 4.44. The van der Waals surface area contributed by atoms with Gasteiger partial charge in [0.15, 0.2) is 0 Å². The van der Waals surface area contributed by atoms with E-state index in [2.05, 4.69) is 40.5 Å². The minimum absolute atomic E-state index is 0.127. The SMILES string of the molecule is CCN(CC)[C@H]1CCO[C@]2(CCN(Cc3ccsc3)C2)C1. The van der Waals surface area contributed by atoms with E-state index in [0.29, 0.717) is 0 Å². The Morgan fingerprint density at radius 3 is 3.00 bits per heavy atom. The predicted octanol–water partition coefficient (Wildman–Crippen LogP) is 3.21. The van der Waals surface area contributed by atoms with Gasteiger partial charge in [-0.05, 0) is 54.7 Å². The molecule has 3 rings (SSSR count). The Balaban J connectivity index is 1.60. The van der Waals surface area contributed by atoms with Gasteiger partial charge in [0.1, 0.15) is 0 Å². The van der Waals surface area contributed by atoms with E-state index in [1.54, 1.807) is 11.3 Å². The molecular weight excluding hydrogens is 280 g/mol. The van der Waals surface area contributed by atoms with Crippen LogP contribution in [0.4, 0.5) is 0 Å². The summed E-state index contributed by atoms with van der Waals surface area (Å²) in [7, 11) is 0. The van der Waals surface area contributed by atoms with E-state index in [4.69, 9.17) is 4.74 Å². The van der Waals surface area contributed by atoms with Crippen molar-refractivity contribution in [3.05, 3.63) is 22.4 Å². The molecule has 1 spiro atoms. The molecule has 0 amide bonds. The Bertz CT molecular complexity index is 432. The second-order valence-electron chi connectivity index (χ2n) is 6.49. The highest BCUT2D eigenvalue weighted by molar-refractivity contribution is 7.07. The van der Waals surface area contributed by atoms with E-state index in [1.807, 2.05) is 0 Å². The van der Waals surface area contributed by atoms with Crippen LogP contribution in [-0.4, -0.2) is 54.2 Å². The van der Waals surface area contributed by atoms with Gasteiger partial charge >= 0.3 is 0 Å². The standard InChI is InChI=1S/C17H28N2OS/c1-3-19(4-2)16-5-9-20-17(11-16)7-8-18(14-17)12-15-6-10-21-13-15/h6,10,13,16H,3-5,7-9,11-12,14H2,1-2H3/t16-,17+/m0/s1. The molecule has 0 saturated carbocycles. The zero-order valence-electron chi connectivity index (χ0n) is 13.4. The molecule has 0 bridgehead atoms. The molecule has 0 aromatic carbocycles. The van der Waals surface area contributed by atoms with Crippen molar-refractivity contribution in [2.75, 3.05) is 32.8 Å². The van der Waals surface area contributed by atoms with Crippen LogP contribution in [0.3, 0.4) is 0 Å². The molecule has 1 aromatic rings. The quantitative estimate of drug-likeness (QED) is 0.831. The van der Waals surface area contributed by atoms with Gasteiger partial charge in [-0.15, -0.1) is 0 Å². The lowest BCUT2D eigenvalue weighted by Crippen LogP contribution is -2.50. The number of rotatable bonds is 5. The molecule has 0 radical (unpaired) electrons.